The molecule has 84 valence electrons. The number of benzene rings is 1. The predicted octanol–water partition coefficient (Wildman–Crippen LogP) is 3.50. The average molecular weight is 215 g/mol. The molecule has 1 aromatic carbocycles. The van der Waals surface area contributed by atoms with Gasteiger partial charge in [0.2, 0.25) is 0 Å². The lowest BCUT2D eigenvalue weighted by molar-refractivity contribution is 0.101. The number of nitrogens with zero attached hydrogens (tertiary/aromatic N) is 1. The highest BCUT2D eigenvalue weighted by atomic mass is 16.1. The molecule has 0 radical (unpaired) electrons. The number of rotatable bonds is 2. The van der Waals surface area contributed by atoms with Crippen molar-refractivity contribution in [3.8, 4) is 0 Å². The van der Waals surface area contributed by atoms with Gasteiger partial charge in [0.25, 0.3) is 0 Å². The van der Waals surface area contributed by atoms with E-state index in [4.69, 9.17) is 0 Å². The van der Waals surface area contributed by atoms with Crippen LogP contribution in [0, 0.1) is 0 Å². The van der Waals surface area contributed by atoms with Gasteiger partial charge >= 0.3 is 0 Å². The summed E-state index contributed by atoms with van der Waals surface area (Å²) in [5.74, 6) is 0.618. The first kappa shape index (κ1) is 10.9. The standard InChI is InChI=1S/C14H17NO/c1-9(2)13-8-12-6-5-11(10(3)16)7-14(12)15(13)4/h5-9H,1-4H3. The van der Waals surface area contributed by atoms with Gasteiger partial charge in [0.05, 0.1) is 0 Å². The first-order valence-electron chi connectivity index (χ1n) is 5.61. The van der Waals surface area contributed by atoms with Crippen LogP contribution in [0.4, 0.5) is 0 Å². The van der Waals surface area contributed by atoms with Crippen LogP contribution in [0.15, 0.2) is 24.3 Å². The summed E-state index contributed by atoms with van der Waals surface area (Å²) in [5.41, 5.74) is 3.22. The van der Waals surface area contributed by atoms with Crippen molar-refractivity contribution in [2.75, 3.05) is 0 Å². The molecule has 0 N–H and O–H groups in total. The molecular weight excluding hydrogens is 198 g/mol. The number of aromatic nitrogens is 1. The third kappa shape index (κ3) is 1.64. The van der Waals surface area contributed by atoms with Crippen molar-refractivity contribution >= 4 is 16.7 Å². The number of carbonyl (C=O) groups excluding carboxylic acids is 1. The molecule has 0 spiro atoms. The minimum atomic E-state index is 0.120. The summed E-state index contributed by atoms with van der Waals surface area (Å²) in [7, 11) is 2.06. The van der Waals surface area contributed by atoms with Gasteiger partial charge in [-0.25, -0.2) is 0 Å². The van der Waals surface area contributed by atoms with E-state index in [1.54, 1.807) is 6.92 Å². The summed E-state index contributed by atoms with van der Waals surface area (Å²) < 4.78 is 2.17. The number of hydrogen-bond donors (Lipinski definition) is 0. The van der Waals surface area contributed by atoms with Gasteiger partial charge in [-0.3, -0.25) is 4.79 Å². The summed E-state index contributed by atoms with van der Waals surface area (Å²) in [6.07, 6.45) is 0. The number of ketones is 1. The third-order valence-electron chi connectivity index (χ3n) is 3.08. The Morgan fingerprint density at radius 3 is 2.50 bits per heavy atom. The van der Waals surface area contributed by atoms with E-state index in [9.17, 15) is 4.79 Å². The molecule has 0 bridgehead atoms. The molecule has 0 atom stereocenters. The summed E-state index contributed by atoms with van der Waals surface area (Å²) in [5, 5.41) is 1.20. The van der Waals surface area contributed by atoms with Crippen molar-refractivity contribution in [1.29, 1.82) is 0 Å². The lowest BCUT2D eigenvalue weighted by atomic mass is 10.1. The summed E-state index contributed by atoms with van der Waals surface area (Å²) in [6, 6.07) is 8.10. The minimum absolute atomic E-state index is 0.120. The molecule has 0 amide bonds. The fourth-order valence-electron chi connectivity index (χ4n) is 2.12. The average Bonchev–Trinajstić information content (AvgIpc) is 2.56. The Kier molecular flexibility index (Phi) is 2.58. The van der Waals surface area contributed by atoms with Crippen LogP contribution in [0.2, 0.25) is 0 Å². The molecule has 2 nitrogen and oxygen atoms in total. The van der Waals surface area contributed by atoms with Crippen LogP contribution in [0.25, 0.3) is 10.9 Å². The van der Waals surface area contributed by atoms with Crippen LogP contribution in [-0.4, -0.2) is 10.4 Å². The van der Waals surface area contributed by atoms with Gasteiger partial charge in [0.15, 0.2) is 5.78 Å². The van der Waals surface area contributed by atoms with Crippen molar-refractivity contribution in [3.05, 3.63) is 35.5 Å². The maximum Gasteiger partial charge on any atom is 0.159 e. The molecular formula is C14H17NO. The molecule has 0 saturated heterocycles. The van der Waals surface area contributed by atoms with E-state index in [1.165, 1.54) is 11.1 Å². The van der Waals surface area contributed by atoms with Crippen LogP contribution in [0.3, 0.4) is 0 Å². The van der Waals surface area contributed by atoms with Gasteiger partial charge in [0, 0.05) is 23.8 Å². The Balaban J connectivity index is 2.69. The number of carbonyl (C=O) groups is 1. The van der Waals surface area contributed by atoms with Gasteiger partial charge in [-0.1, -0.05) is 26.0 Å². The minimum Gasteiger partial charge on any atom is -0.347 e. The van der Waals surface area contributed by atoms with Crippen molar-refractivity contribution in [3.63, 3.8) is 0 Å². The fourth-order valence-corrected chi connectivity index (χ4v) is 2.12. The number of Topliss-reactive ketones (excluding diaryl/α,β-unsaturated/α-hetero) is 1. The predicted molar refractivity (Wildman–Crippen MR) is 67.0 cm³/mol. The Hall–Kier alpha value is -1.57. The van der Waals surface area contributed by atoms with E-state index in [0.717, 1.165) is 11.1 Å². The van der Waals surface area contributed by atoms with Crippen LogP contribution in [0.1, 0.15) is 42.7 Å². The number of aryl methyl sites for hydroxylation is 1. The molecule has 0 aliphatic carbocycles. The molecule has 2 aromatic rings. The summed E-state index contributed by atoms with van der Waals surface area (Å²) >= 11 is 0. The van der Waals surface area contributed by atoms with Gasteiger partial charge in [-0.15, -0.1) is 0 Å². The van der Waals surface area contributed by atoms with E-state index < -0.39 is 0 Å². The van der Waals surface area contributed by atoms with Crippen molar-refractivity contribution in [1.82, 2.24) is 4.57 Å². The summed E-state index contributed by atoms with van der Waals surface area (Å²) in [6.45, 7) is 5.97. The first-order valence-corrected chi connectivity index (χ1v) is 5.61. The molecule has 0 fully saturated rings. The largest absolute Gasteiger partial charge is 0.347 e. The van der Waals surface area contributed by atoms with E-state index in [-0.39, 0.29) is 5.78 Å². The van der Waals surface area contributed by atoms with E-state index in [1.807, 2.05) is 18.2 Å². The molecule has 1 aromatic heterocycles. The second-order valence-corrected chi connectivity index (χ2v) is 4.61. The second-order valence-electron chi connectivity index (χ2n) is 4.61. The maximum atomic E-state index is 11.3. The lowest BCUT2D eigenvalue weighted by Crippen LogP contribution is -1.98. The highest BCUT2D eigenvalue weighted by molar-refractivity contribution is 5.98. The molecule has 0 unspecified atom stereocenters. The molecule has 2 heteroatoms. The van der Waals surface area contributed by atoms with Crippen molar-refractivity contribution < 1.29 is 4.79 Å². The van der Waals surface area contributed by atoms with Crippen molar-refractivity contribution in [2.45, 2.75) is 26.7 Å². The number of hydrogen-bond acceptors (Lipinski definition) is 1. The van der Waals surface area contributed by atoms with Gasteiger partial charge in [0.1, 0.15) is 0 Å². The second kappa shape index (κ2) is 3.78. The zero-order valence-corrected chi connectivity index (χ0v) is 10.2. The Labute approximate surface area is 95.9 Å². The Morgan fingerprint density at radius 1 is 1.25 bits per heavy atom. The topological polar surface area (TPSA) is 22.0 Å². The molecule has 16 heavy (non-hydrogen) atoms. The third-order valence-corrected chi connectivity index (χ3v) is 3.08. The van der Waals surface area contributed by atoms with Gasteiger partial charge < -0.3 is 4.57 Å². The Bertz CT molecular complexity index is 549. The quantitative estimate of drug-likeness (QED) is 0.703. The van der Waals surface area contributed by atoms with E-state index >= 15 is 0 Å². The maximum absolute atomic E-state index is 11.3. The monoisotopic (exact) mass is 215 g/mol. The van der Waals surface area contributed by atoms with Crippen LogP contribution in [0.5, 0.6) is 0 Å². The molecule has 0 aliphatic heterocycles. The van der Waals surface area contributed by atoms with Crippen LogP contribution in [-0.2, 0) is 7.05 Å². The molecule has 0 saturated carbocycles. The van der Waals surface area contributed by atoms with Crippen LogP contribution >= 0.6 is 0 Å². The smallest absolute Gasteiger partial charge is 0.159 e. The molecule has 2 rings (SSSR count). The van der Waals surface area contributed by atoms with E-state index in [0.29, 0.717) is 5.92 Å². The normalized spacial score (nSPS) is 11.3. The van der Waals surface area contributed by atoms with Gasteiger partial charge in [-0.05, 0) is 30.4 Å². The molecule has 1 heterocycles. The number of fused-ring (bicyclic) bond motifs is 1. The zero-order chi connectivity index (χ0) is 11.9. The highest BCUT2D eigenvalue weighted by Gasteiger charge is 2.10. The SMILES string of the molecule is CC(=O)c1ccc2cc(C(C)C)n(C)c2c1. The van der Waals surface area contributed by atoms with Gasteiger partial charge in [-0.2, -0.15) is 0 Å². The van der Waals surface area contributed by atoms with Crippen LogP contribution < -0.4 is 0 Å². The van der Waals surface area contributed by atoms with E-state index in [2.05, 4.69) is 31.5 Å². The Morgan fingerprint density at radius 2 is 1.94 bits per heavy atom. The first-order chi connectivity index (χ1) is 7.50. The zero-order valence-electron chi connectivity index (χ0n) is 10.2. The molecule has 0 aliphatic rings. The highest BCUT2D eigenvalue weighted by Crippen LogP contribution is 2.25. The lowest BCUT2D eigenvalue weighted by Gasteiger charge is -2.07. The fraction of sp³-hybridized carbons (Fsp3) is 0.357. The summed E-state index contributed by atoms with van der Waals surface area (Å²) in [4.78, 5) is 11.3. The van der Waals surface area contributed by atoms with Crippen molar-refractivity contribution in [2.24, 2.45) is 7.05 Å².